The van der Waals surface area contributed by atoms with Gasteiger partial charge in [-0.25, -0.2) is 13.6 Å². The summed E-state index contributed by atoms with van der Waals surface area (Å²) in [6.07, 6.45) is -1.26. The highest BCUT2D eigenvalue weighted by Crippen LogP contribution is 2.38. The SMILES string of the molecule is Cc1cc(C(F)(F)F)c(-c2ccc(C[C@H](NC(=O)c3c(F)cc(N4CCCC[C@@H]4C)cc3F)C(=O)O)c3cccnc23)c(=O)n1C. The molecule has 2 aromatic carbocycles. The average molecular weight is 643 g/mol. The zero-order valence-corrected chi connectivity index (χ0v) is 25.2. The molecule has 3 heterocycles. The smallest absolute Gasteiger partial charge is 0.417 e. The van der Waals surface area contributed by atoms with E-state index < -0.39 is 64.4 Å². The number of rotatable bonds is 7. The van der Waals surface area contributed by atoms with Crippen molar-refractivity contribution in [2.75, 3.05) is 11.4 Å². The summed E-state index contributed by atoms with van der Waals surface area (Å²) in [5.41, 5.74) is -3.07. The second-order valence-corrected chi connectivity index (χ2v) is 11.5. The van der Waals surface area contributed by atoms with Crippen molar-refractivity contribution in [3.05, 3.63) is 93.0 Å². The van der Waals surface area contributed by atoms with Gasteiger partial charge in [-0.2, -0.15) is 13.2 Å². The molecule has 0 aliphatic carbocycles. The fourth-order valence-electron chi connectivity index (χ4n) is 5.99. The monoisotopic (exact) mass is 642 g/mol. The van der Waals surface area contributed by atoms with E-state index in [0.717, 1.165) is 42.0 Å². The largest absolute Gasteiger partial charge is 0.480 e. The topological polar surface area (TPSA) is 105 Å². The minimum absolute atomic E-state index is 0.00142. The highest BCUT2D eigenvalue weighted by molar-refractivity contribution is 5.99. The summed E-state index contributed by atoms with van der Waals surface area (Å²) in [7, 11) is 1.35. The number of carboxylic acids is 1. The van der Waals surface area contributed by atoms with E-state index in [0.29, 0.717) is 6.54 Å². The molecule has 0 radical (unpaired) electrons. The molecule has 0 bridgehead atoms. The number of benzene rings is 2. The zero-order valence-electron chi connectivity index (χ0n) is 25.2. The lowest BCUT2D eigenvalue weighted by Gasteiger charge is -2.35. The van der Waals surface area contributed by atoms with Crippen molar-refractivity contribution in [1.29, 1.82) is 0 Å². The lowest BCUT2D eigenvalue weighted by molar-refractivity contribution is -0.139. The molecular weight excluding hydrogens is 611 g/mol. The Morgan fingerprint density at radius 2 is 1.80 bits per heavy atom. The van der Waals surface area contributed by atoms with Crippen LogP contribution in [0, 0.1) is 18.6 Å². The predicted octanol–water partition coefficient (Wildman–Crippen LogP) is 6.01. The van der Waals surface area contributed by atoms with Crippen LogP contribution in [0.3, 0.4) is 0 Å². The first-order valence-electron chi connectivity index (χ1n) is 14.6. The minimum atomic E-state index is -4.86. The maximum atomic E-state index is 15.1. The third kappa shape index (κ3) is 6.18. The van der Waals surface area contributed by atoms with Gasteiger partial charge < -0.3 is 19.9 Å². The second kappa shape index (κ2) is 12.5. The predicted molar refractivity (Wildman–Crippen MR) is 162 cm³/mol. The number of aliphatic carboxylic acids is 1. The molecule has 2 atom stereocenters. The lowest BCUT2D eigenvalue weighted by atomic mass is 9.93. The highest BCUT2D eigenvalue weighted by Gasteiger charge is 2.37. The number of pyridine rings is 2. The van der Waals surface area contributed by atoms with Crippen LogP contribution in [0.15, 0.2) is 53.5 Å². The van der Waals surface area contributed by atoms with Gasteiger partial charge >= 0.3 is 12.1 Å². The maximum Gasteiger partial charge on any atom is 0.417 e. The van der Waals surface area contributed by atoms with Crippen LogP contribution < -0.4 is 15.8 Å². The van der Waals surface area contributed by atoms with Crippen molar-refractivity contribution in [3.63, 3.8) is 0 Å². The molecule has 4 aromatic rings. The summed E-state index contributed by atoms with van der Waals surface area (Å²) < 4.78 is 73.6. The van der Waals surface area contributed by atoms with Crippen molar-refractivity contribution in [2.45, 2.75) is 57.8 Å². The molecule has 2 aromatic heterocycles. The number of piperidine rings is 1. The number of amides is 1. The van der Waals surface area contributed by atoms with E-state index in [2.05, 4.69) is 10.3 Å². The molecular formula is C33H31F5N4O4. The van der Waals surface area contributed by atoms with Crippen LogP contribution >= 0.6 is 0 Å². The van der Waals surface area contributed by atoms with Crippen LogP contribution in [0.4, 0.5) is 27.6 Å². The standard InChI is InChI=1S/C33H31F5N4O4/c1-17-7-4-5-12-42(17)20-15-24(34)28(25(35)16-20)30(43)40-26(32(45)46)14-19-9-10-22(29-21(19)8-6-11-39-29)27-23(33(36,37)38)13-18(2)41(3)31(27)44/h6,8-11,13,15-17,26H,4-5,7,12,14H2,1-3H3,(H,40,43)(H,45,46)/t17-,26-/m0/s1. The molecule has 0 unspecified atom stereocenters. The number of carboxylic acid groups (broad SMARTS) is 1. The molecule has 1 saturated heterocycles. The fourth-order valence-corrected chi connectivity index (χ4v) is 5.99. The van der Waals surface area contributed by atoms with E-state index in [4.69, 9.17) is 0 Å². The summed E-state index contributed by atoms with van der Waals surface area (Å²) in [5.74, 6) is -5.08. The molecule has 0 spiro atoms. The molecule has 8 nitrogen and oxygen atoms in total. The number of alkyl halides is 3. The van der Waals surface area contributed by atoms with Gasteiger partial charge in [0, 0.05) is 54.6 Å². The van der Waals surface area contributed by atoms with Crippen molar-refractivity contribution >= 4 is 28.5 Å². The van der Waals surface area contributed by atoms with Crippen LogP contribution in [-0.2, 0) is 24.4 Å². The minimum Gasteiger partial charge on any atom is -0.480 e. The number of nitrogens with one attached hydrogen (secondary N) is 1. The van der Waals surface area contributed by atoms with E-state index in [9.17, 15) is 32.7 Å². The van der Waals surface area contributed by atoms with Crippen LogP contribution in [-0.4, -0.2) is 45.2 Å². The number of halogens is 5. The van der Waals surface area contributed by atoms with E-state index in [1.807, 2.05) is 11.8 Å². The first-order valence-corrected chi connectivity index (χ1v) is 14.6. The van der Waals surface area contributed by atoms with Gasteiger partial charge in [-0.05, 0) is 62.9 Å². The number of carbonyl (C=O) groups excluding carboxylic acids is 1. The molecule has 2 N–H and O–H groups in total. The first-order chi connectivity index (χ1) is 21.7. The van der Waals surface area contributed by atoms with Gasteiger partial charge in [0.15, 0.2) is 0 Å². The van der Waals surface area contributed by atoms with E-state index in [-0.39, 0.29) is 39.5 Å². The molecule has 13 heteroatoms. The molecule has 242 valence electrons. The highest BCUT2D eigenvalue weighted by atomic mass is 19.4. The van der Waals surface area contributed by atoms with E-state index in [1.165, 1.54) is 44.4 Å². The van der Waals surface area contributed by atoms with Gasteiger partial charge in [-0.1, -0.05) is 18.2 Å². The zero-order chi connectivity index (χ0) is 33.5. The fraction of sp³-hybridized carbons (Fsp3) is 0.333. The number of carbonyl (C=O) groups is 2. The van der Waals surface area contributed by atoms with Gasteiger partial charge in [-0.3, -0.25) is 14.6 Å². The number of hydrogen-bond acceptors (Lipinski definition) is 5. The van der Waals surface area contributed by atoms with E-state index >= 15 is 8.78 Å². The Balaban J connectivity index is 1.49. The molecule has 46 heavy (non-hydrogen) atoms. The Hall–Kier alpha value is -4.81. The molecule has 1 amide bonds. The number of aromatic nitrogens is 2. The number of hydrogen-bond donors (Lipinski definition) is 2. The van der Waals surface area contributed by atoms with Crippen LogP contribution in [0.25, 0.3) is 22.0 Å². The van der Waals surface area contributed by atoms with Crippen LogP contribution in [0.5, 0.6) is 0 Å². The summed E-state index contributed by atoms with van der Waals surface area (Å²) >= 11 is 0. The lowest BCUT2D eigenvalue weighted by Crippen LogP contribution is -2.43. The third-order valence-corrected chi connectivity index (χ3v) is 8.52. The summed E-state index contributed by atoms with van der Waals surface area (Å²) in [4.78, 5) is 44.5. The van der Waals surface area contributed by atoms with Crippen molar-refractivity contribution in [3.8, 4) is 11.1 Å². The summed E-state index contributed by atoms with van der Waals surface area (Å²) in [6.45, 7) is 3.92. The van der Waals surface area contributed by atoms with Crippen molar-refractivity contribution in [2.24, 2.45) is 7.05 Å². The number of nitrogens with zero attached hydrogens (tertiary/aromatic N) is 3. The molecule has 1 aliphatic rings. The second-order valence-electron chi connectivity index (χ2n) is 11.5. The Kier molecular flexibility index (Phi) is 8.87. The van der Waals surface area contributed by atoms with Crippen LogP contribution in [0.1, 0.15) is 53.4 Å². The Morgan fingerprint density at radius 1 is 1.11 bits per heavy atom. The van der Waals surface area contributed by atoms with Gasteiger partial charge in [0.05, 0.1) is 16.6 Å². The summed E-state index contributed by atoms with van der Waals surface area (Å²) in [6, 6.07) is 6.91. The van der Waals surface area contributed by atoms with Gasteiger partial charge in [-0.15, -0.1) is 0 Å². The summed E-state index contributed by atoms with van der Waals surface area (Å²) in [5, 5.41) is 12.4. The first kappa shape index (κ1) is 32.6. The molecule has 0 saturated carbocycles. The third-order valence-electron chi connectivity index (χ3n) is 8.52. The van der Waals surface area contributed by atoms with E-state index in [1.54, 1.807) is 0 Å². The van der Waals surface area contributed by atoms with Gasteiger partial charge in [0.2, 0.25) is 0 Å². The number of fused-ring (bicyclic) bond motifs is 1. The molecule has 1 fully saturated rings. The Morgan fingerprint density at radius 3 is 2.43 bits per heavy atom. The van der Waals surface area contributed by atoms with Gasteiger partial charge in [0.25, 0.3) is 11.5 Å². The van der Waals surface area contributed by atoms with Crippen molar-refractivity contribution < 1.29 is 36.6 Å². The normalized spacial score (nSPS) is 16.0. The maximum absolute atomic E-state index is 15.1. The molecule has 5 rings (SSSR count). The Bertz CT molecular complexity index is 1880. The Labute approximate surface area is 260 Å². The number of anilines is 1. The van der Waals surface area contributed by atoms with Crippen LogP contribution in [0.2, 0.25) is 0 Å². The van der Waals surface area contributed by atoms with Gasteiger partial charge in [0.1, 0.15) is 23.2 Å². The quantitative estimate of drug-likeness (QED) is 0.240. The van der Waals surface area contributed by atoms with Crippen molar-refractivity contribution in [1.82, 2.24) is 14.9 Å². The molecule has 1 aliphatic heterocycles. The number of aryl methyl sites for hydroxylation is 1. The average Bonchev–Trinajstić information content (AvgIpc) is 2.99.